The summed E-state index contributed by atoms with van der Waals surface area (Å²) in [6.07, 6.45) is 1.68. The number of rotatable bonds is 0. The Kier molecular flexibility index (Phi) is 1.28. The molecule has 0 amide bonds. The maximum absolute atomic E-state index is 5.72. The zero-order valence-electron chi connectivity index (χ0n) is 6.04. The smallest absolute Gasteiger partial charge is 0.0872 e. The third-order valence-corrected chi connectivity index (χ3v) is 1.74. The van der Waals surface area contributed by atoms with Crippen LogP contribution in [0.5, 0.6) is 0 Å². The van der Waals surface area contributed by atoms with Crippen molar-refractivity contribution in [2.24, 2.45) is 4.99 Å². The summed E-state index contributed by atoms with van der Waals surface area (Å²) in [6, 6.07) is 5.84. The molecule has 1 aromatic carbocycles. The van der Waals surface area contributed by atoms with E-state index in [1.165, 1.54) is 0 Å². The van der Waals surface area contributed by atoms with Crippen LogP contribution in [0.1, 0.15) is 5.56 Å². The van der Waals surface area contributed by atoms with Crippen molar-refractivity contribution in [2.75, 3.05) is 11.1 Å². The monoisotopic (exact) mass is 147 g/mol. The van der Waals surface area contributed by atoms with Gasteiger partial charge in [-0.2, -0.15) is 0 Å². The second-order valence-electron chi connectivity index (χ2n) is 2.50. The lowest BCUT2D eigenvalue weighted by Crippen LogP contribution is -2.07. The number of benzene rings is 1. The molecular weight excluding hydrogens is 138 g/mol. The number of nitrogens with one attached hydrogen (secondary N) is 1. The topological polar surface area (TPSA) is 50.4 Å². The minimum absolute atomic E-state index is 0.730. The summed E-state index contributed by atoms with van der Waals surface area (Å²) in [4.78, 5) is 4.07. The van der Waals surface area contributed by atoms with E-state index in [0.717, 1.165) is 23.5 Å². The normalized spacial score (nSPS) is 13.8. The molecule has 3 N–H and O–H groups in total. The molecule has 0 spiro atoms. The van der Waals surface area contributed by atoms with Gasteiger partial charge in [-0.05, 0) is 11.6 Å². The van der Waals surface area contributed by atoms with Gasteiger partial charge in [-0.3, -0.25) is 4.99 Å². The minimum Gasteiger partial charge on any atom is -0.397 e. The van der Waals surface area contributed by atoms with Crippen molar-refractivity contribution in [1.82, 2.24) is 0 Å². The van der Waals surface area contributed by atoms with Gasteiger partial charge in [0, 0.05) is 0 Å². The highest BCUT2D eigenvalue weighted by Crippen LogP contribution is 2.25. The highest BCUT2D eigenvalue weighted by Gasteiger charge is 2.06. The van der Waals surface area contributed by atoms with E-state index in [2.05, 4.69) is 10.3 Å². The highest BCUT2D eigenvalue weighted by molar-refractivity contribution is 5.86. The minimum atomic E-state index is 0.730. The van der Waals surface area contributed by atoms with E-state index >= 15 is 0 Å². The van der Waals surface area contributed by atoms with Crippen molar-refractivity contribution in [2.45, 2.75) is 6.54 Å². The van der Waals surface area contributed by atoms with Gasteiger partial charge in [0.05, 0.1) is 24.3 Å². The molecule has 56 valence electrons. The molecule has 2 rings (SSSR count). The molecule has 0 atom stereocenters. The first-order chi connectivity index (χ1) is 5.38. The predicted molar refractivity (Wildman–Crippen MR) is 46.7 cm³/mol. The van der Waals surface area contributed by atoms with Crippen LogP contribution in [0.15, 0.2) is 23.2 Å². The number of hydrogen-bond acceptors (Lipinski definition) is 3. The number of nitrogen functional groups attached to an aromatic ring is 1. The van der Waals surface area contributed by atoms with E-state index in [4.69, 9.17) is 5.73 Å². The van der Waals surface area contributed by atoms with E-state index in [0.29, 0.717) is 0 Å². The molecule has 0 saturated carbocycles. The molecule has 1 aliphatic rings. The van der Waals surface area contributed by atoms with Crippen LogP contribution in [0.25, 0.3) is 0 Å². The van der Waals surface area contributed by atoms with E-state index in [-0.39, 0.29) is 0 Å². The van der Waals surface area contributed by atoms with Gasteiger partial charge in [0.25, 0.3) is 0 Å². The number of aliphatic imine (C=N–C) groups is 1. The molecule has 0 radical (unpaired) electrons. The van der Waals surface area contributed by atoms with Gasteiger partial charge in [-0.1, -0.05) is 12.1 Å². The van der Waals surface area contributed by atoms with E-state index in [1.807, 2.05) is 18.2 Å². The lowest BCUT2D eigenvalue weighted by atomic mass is 10.1. The Morgan fingerprint density at radius 3 is 3.18 bits per heavy atom. The number of nitrogens with zero attached hydrogens (tertiary/aromatic N) is 1. The SMILES string of the molecule is Nc1cccc2c1NC=NC2. The first kappa shape index (κ1) is 6.22. The van der Waals surface area contributed by atoms with Crippen LogP contribution in [0, 0.1) is 0 Å². The van der Waals surface area contributed by atoms with Gasteiger partial charge in [0.1, 0.15) is 0 Å². The maximum atomic E-state index is 5.72. The highest BCUT2D eigenvalue weighted by atomic mass is 15.0. The van der Waals surface area contributed by atoms with Gasteiger partial charge in [-0.15, -0.1) is 0 Å². The molecule has 11 heavy (non-hydrogen) atoms. The standard InChI is InChI=1S/C8H9N3/c9-7-3-1-2-6-4-10-5-11-8(6)7/h1-3,5H,4,9H2,(H,10,11). The number of anilines is 2. The van der Waals surface area contributed by atoms with E-state index in [9.17, 15) is 0 Å². The van der Waals surface area contributed by atoms with Crippen molar-refractivity contribution in [3.63, 3.8) is 0 Å². The first-order valence-electron chi connectivity index (χ1n) is 3.50. The summed E-state index contributed by atoms with van der Waals surface area (Å²) in [5, 5.41) is 3.01. The molecule has 0 aromatic heterocycles. The summed E-state index contributed by atoms with van der Waals surface area (Å²) >= 11 is 0. The Hall–Kier alpha value is -1.51. The Morgan fingerprint density at radius 2 is 2.36 bits per heavy atom. The van der Waals surface area contributed by atoms with Crippen LogP contribution in [0.2, 0.25) is 0 Å². The first-order valence-corrected chi connectivity index (χ1v) is 3.50. The lowest BCUT2D eigenvalue weighted by molar-refractivity contribution is 1.06. The van der Waals surface area contributed by atoms with Gasteiger partial charge in [-0.25, -0.2) is 0 Å². The third-order valence-electron chi connectivity index (χ3n) is 1.74. The molecule has 3 nitrogen and oxygen atoms in total. The molecule has 0 saturated heterocycles. The third kappa shape index (κ3) is 0.941. The zero-order valence-corrected chi connectivity index (χ0v) is 6.04. The molecule has 0 unspecified atom stereocenters. The van der Waals surface area contributed by atoms with Crippen LogP contribution in [-0.2, 0) is 6.54 Å². The Bertz CT molecular complexity index is 304. The molecule has 1 aromatic rings. The van der Waals surface area contributed by atoms with Crippen LogP contribution >= 0.6 is 0 Å². The fourth-order valence-electron chi connectivity index (χ4n) is 1.18. The quantitative estimate of drug-likeness (QED) is 0.542. The molecule has 1 heterocycles. The molecular formula is C8H9N3. The van der Waals surface area contributed by atoms with Crippen LogP contribution in [0.3, 0.4) is 0 Å². The van der Waals surface area contributed by atoms with Gasteiger partial charge in [0.2, 0.25) is 0 Å². The fourth-order valence-corrected chi connectivity index (χ4v) is 1.18. The van der Waals surface area contributed by atoms with Crippen molar-refractivity contribution in [3.05, 3.63) is 23.8 Å². The average molecular weight is 147 g/mol. The Balaban J connectivity index is 2.54. The zero-order chi connectivity index (χ0) is 7.68. The van der Waals surface area contributed by atoms with Crippen LogP contribution in [-0.4, -0.2) is 6.34 Å². The number of fused-ring (bicyclic) bond motifs is 1. The number of para-hydroxylation sites is 1. The van der Waals surface area contributed by atoms with Crippen molar-refractivity contribution < 1.29 is 0 Å². The maximum Gasteiger partial charge on any atom is 0.0872 e. The van der Waals surface area contributed by atoms with E-state index < -0.39 is 0 Å². The number of nitrogens with two attached hydrogens (primary N) is 1. The molecule has 0 fully saturated rings. The summed E-state index contributed by atoms with van der Waals surface area (Å²) in [5.41, 5.74) is 8.66. The average Bonchev–Trinajstić information content (AvgIpc) is 2.06. The summed E-state index contributed by atoms with van der Waals surface area (Å²) in [5.74, 6) is 0. The summed E-state index contributed by atoms with van der Waals surface area (Å²) < 4.78 is 0. The van der Waals surface area contributed by atoms with Gasteiger partial charge in [0.15, 0.2) is 0 Å². The van der Waals surface area contributed by atoms with Crippen molar-refractivity contribution in [3.8, 4) is 0 Å². The molecule has 1 aliphatic heterocycles. The van der Waals surface area contributed by atoms with Gasteiger partial charge < -0.3 is 11.1 Å². The van der Waals surface area contributed by atoms with Crippen LogP contribution in [0.4, 0.5) is 11.4 Å². The van der Waals surface area contributed by atoms with Crippen molar-refractivity contribution in [1.29, 1.82) is 0 Å². The van der Waals surface area contributed by atoms with Gasteiger partial charge >= 0.3 is 0 Å². The predicted octanol–water partition coefficient (Wildman–Crippen LogP) is 1.22. The second-order valence-corrected chi connectivity index (χ2v) is 2.50. The Labute approximate surface area is 64.9 Å². The van der Waals surface area contributed by atoms with Crippen LogP contribution < -0.4 is 11.1 Å². The second kappa shape index (κ2) is 2.27. The largest absolute Gasteiger partial charge is 0.397 e. The van der Waals surface area contributed by atoms with Crippen molar-refractivity contribution >= 4 is 17.7 Å². The fraction of sp³-hybridized carbons (Fsp3) is 0.125. The number of hydrogen-bond donors (Lipinski definition) is 2. The molecule has 0 aliphatic carbocycles. The summed E-state index contributed by atoms with van der Waals surface area (Å²) in [7, 11) is 0. The summed E-state index contributed by atoms with van der Waals surface area (Å²) in [6.45, 7) is 0.730. The Morgan fingerprint density at radius 1 is 1.45 bits per heavy atom. The van der Waals surface area contributed by atoms with E-state index in [1.54, 1.807) is 6.34 Å². The molecule has 0 bridgehead atoms. The lowest BCUT2D eigenvalue weighted by Gasteiger charge is -2.13. The molecule has 3 heteroatoms.